The number of carbonyl (C=O) groups is 16. The number of fused-ring (bicyclic) bond motifs is 1. The number of nitriles is 1. The molecule has 0 aliphatic rings. The number of H-pyrrole nitrogens is 2. The average molecular weight is 1720 g/mol. The number of amides is 15. The number of unbranched alkanes of at least 4 members (excludes halogenated alkanes) is 1. The number of aliphatic carboxylic acids is 1. The highest BCUT2D eigenvalue weighted by molar-refractivity contribution is 6.01. The number of aliphatic hydroxyl groups excluding tert-OH is 3. The summed E-state index contributed by atoms with van der Waals surface area (Å²) >= 11 is 0. The first-order chi connectivity index (χ1) is 58.9. The van der Waals surface area contributed by atoms with Crippen molar-refractivity contribution in [1.82, 2.24) is 84.1 Å². The zero-order valence-electron chi connectivity index (χ0n) is 69.3. The maximum Gasteiger partial charge on any atom is 0.303 e. The van der Waals surface area contributed by atoms with Gasteiger partial charge in [0.2, 0.25) is 88.6 Å². The Bertz CT molecular complexity index is 4710. The van der Waals surface area contributed by atoms with Crippen LogP contribution >= 0.6 is 0 Å². The van der Waals surface area contributed by atoms with E-state index in [1.165, 1.54) is 81.8 Å². The number of aromatic hydroxyl groups is 1. The third-order valence-corrected chi connectivity index (χ3v) is 19.7. The molecule has 124 heavy (non-hydrogen) atoms. The SMILES string of the molecule is CC(=O)N[C@@H](CC(C)C)C(=O)N[C@H](C(=O)N[C@@H](Cc1ccccc1)C(=O)N[C@@H](CCC(=O)O)C(=O)N[C@@H](Cc1c[nH]cn1)C(=O)N[C@@H](Cc1ccc(O)cc1)C(=O)N[C@@H](Cc1c[nH]c2ccccc12)C(=O)N[C@@H](C)C(=O)N[C@@H](CCC(N)=O)C(=O)N[C@@H](Cc1ccc(C#N)cc1)C(=O)N[C@H](C(=O)N[C@@H](CO)C(=O)N[C@@H](CCCCN)C(N)=O)[C@@H](C)O)[C@@H](C)O. The van der Waals surface area contributed by atoms with Crippen LogP contribution in [-0.2, 0) is 109 Å². The number of rotatable bonds is 51. The van der Waals surface area contributed by atoms with Crippen LogP contribution in [0.3, 0.4) is 0 Å². The molecule has 0 unspecified atom stereocenters. The Morgan fingerprint density at radius 1 is 0.460 bits per heavy atom. The van der Waals surface area contributed by atoms with E-state index in [-0.39, 0.29) is 55.2 Å². The van der Waals surface area contributed by atoms with E-state index in [9.17, 15) is 93.1 Å². The van der Waals surface area contributed by atoms with E-state index in [1.807, 2.05) is 6.07 Å². The van der Waals surface area contributed by atoms with Crippen LogP contribution < -0.4 is 86.3 Å². The minimum atomic E-state index is -1.93. The van der Waals surface area contributed by atoms with E-state index in [0.29, 0.717) is 46.0 Å². The summed E-state index contributed by atoms with van der Waals surface area (Å²) in [4.78, 5) is 233. The van der Waals surface area contributed by atoms with Crippen molar-refractivity contribution in [2.75, 3.05) is 13.2 Å². The van der Waals surface area contributed by atoms with E-state index < -0.39 is 237 Å². The second kappa shape index (κ2) is 49.3. The van der Waals surface area contributed by atoms with Gasteiger partial charge >= 0.3 is 5.97 Å². The summed E-state index contributed by atoms with van der Waals surface area (Å²) in [7, 11) is 0. The first-order valence-electron chi connectivity index (χ1n) is 40.1. The smallest absolute Gasteiger partial charge is 0.303 e. The zero-order chi connectivity index (χ0) is 91.4. The van der Waals surface area contributed by atoms with Crippen LogP contribution in [0.5, 0.6) is 5.75 Å². The van der Waals surface area contributed by atoms with Gasteiger partial charge in [0.05, 0.1) is 42.5 Å². The van der Waals surface area contributed by atoms with Crippen LogP contribution in [0.15, 0.2) is 122 Å². The number of hydrogen-bond acceptors (Lipinski definition) is 23. The zero-order valence-corrected chi connectivity index (χ0v) is 69.3. The van der Waals surface area contributed by atoms with Gasteiger partial charge in [0.25, 0.3) is 0 Å². The lowest BCUT2D eigenvalue weighted by atomic mass is 10.0. The minimum Gasteiger partial charge on any atom is -0.508 e. The van der Waals surface area contributed by atoms with Gasteiger partial charge in [-0.15, -0.1) is 0 Å². The number of nitrogens with two attached hydrogens (primary N) is 3. The minimum absolute atomic E-state index is 0.0584. The number of aliphatic hydroxyl groups is 3. The molecule has 4 aromatic carbocycles. The molecule has 0 fully saturated rings. The predicted molar refractivity (Wildman–Crippen MR) is 445 cm³/mol. The van der Waals surface area contributed by atoms with Crippen molar-refractivity contribution >= 4 is 105 Å². The van der Waals surface area contributed by atoms with Crippen LogP contribution in [-0.4, -0.2) is 239 Å². The van der Waals surface area contributed by atoms with E-state index in [2.05, 4.69) is 84.1 Å². The molecule has 41 heteroatoms. The van der Waals surface area contributed by atoms with E-state index in [4.69, 9.17) is 17.2 Å². The maximum absolute atomic E-state index is 15.3. The van der Waals surface area contributed by atoms with Crippen LogP contribution in [0.2, 0.25) is 0 Å². The molecule has 26 N–H and O–H groups in total. The summed E-state index contributed by atoms with van der Waals surface area (Å²) in [5.74, 6) is -17.4. The number of carbonyl (C=O) groups excluding carboxylic acids is 15. The van der Waals surface area contributed by atoms with Crippen LogP contribution in [0.4, 0.5) is 0 Å². The first-order valence-corrected chi connectivity index (χ1v) is 40.1. The molecule has 15 amide bonds. The van der Waals surface area contributed by atoms with Gasteiger partial charge in [0.15, 0.2) is 0 Å². The quantitative estimate of drug-likeness (QED) is 0.0161. The predicted octanol–water partition coefficient (Wildman–Crippen LogP) is -4.13. The molecule has 0 aliphatic carbocycles. The van der Waals surface area contributed by atoms with Gasteiger partial charge < -0.3 is 122 Å². The highest BCUT2D eigenvalue weighted by atomic mass is 16.4. The molecule has 6 aromatic rings. The molecule has 668 valence electrons. The van der Waals surface area contributed by atoms with Gasteiger partial charge in [0, 0.05) is 75.2 Å². The number of phenolic OH excluding ortho intramolecular Hbond substituents is 1. The number of carboxylic acids is 1. The van der Waals surface area contributed by atoms with Crippen LogP contribution in [0.1, 0.15) is 126 Å². The molecular formula is C83H110N20O21. The second-order valence-corrected chi connectivity index (χ2v) is 30.3. The highest BCUT2D eigenvalue weighted by Gasteiger charge is 2.40. The Kier molecular flexibility index (Phi) is 39.4. The lowest BCUT2D eigenvalue weighted by Gasteiger charge is -2.29. The Balaban J connectivity index is 1.29. The molecule has 2 aromatic heterocycles. The summed E-state index contributed by atoms with van der Waals surface area (Å²) in [6.45, 7) is 7.46. The molecule has 0 radical (unpaired) electrons. The Hall–Kier alpha value is -13.7. The molecule has 0 bridgehead atoms. The van der Waals surface area contributed by atoms with Gasteiger partial charge in [-0.2, -0.15) is 5.26 Å². The van der Waals surface area contributed by atoms with Crippen LogP contribution in [0.25, 0.3) is 10.9 Å². The third kappa shape index (κ3) is 32.3. The van der Waals surface area contributed by atoms with Crippen molar-refractivity contribution in [3.8, 4) is 11.8 Å². The molecular weight excluding hydrogens is 1610 g/mol. The molecule has 0 saturated carbocycles. The standard InChI is InChI=1S/C83H110N20O21/c1-43(2)32-60(92-47(6)107)79(120)102-69(45(4)105)82(123)100-62(33-48-14-8-7-9-15-48)76(117)95-59(28-30-68(110)111)74(115)99-65(37-53-40-88-42-90-53)78(119)97-61(35-50-23-25-54(108)26-24-50)77(118)98-64(36-52-39-89-56-17-11-10-16-55(52)56)75(116)91-44(3)72(113)94-58(27-29-67(86)109)73(114)96-63(34-49-19-21-51(38-85)22-20-49)80(121)103-70(46(5)106)83(124)101-66(41-104)81(122)93-57(71(87)112)18-12-13-31-84/h7-11,14-17,19-26,39-40,42-46,57-66,69-70,89,104-106,108H,12-13,18,27-37,41,84H2,1-6H3,(H2,86,109)(H2,87,112)(H,88,90)(H,91,116)(H,92,107)(H,93,122)(H,94,113)(H,95,117)(H,96,114)(H,97,119)(H,98,118)(H,99,115)(H,100,123)(H,101,124)(H,102,120)(H,103,121)(H,110,111)/t44-,45+,46+,57-,58-,59-,60-,61-,62-,63-,64-,65-,66-,69-,70-/m0/s1. The topological polar surface area (TPSA) is 677 Å². The molecule has 0 spiro atoms. The third-order valence-electron chi connectivity index (χ3n) is 19.7. The fourth-order valence-electron chi connectivity index (χ4n) is 13.0. The number of para-hydroxylation sites is 1. The summed E-state index contributed by atoms with van der Waals surface area (Å²) in [6, 6.07) is 6.35. The fraction of sp³-hybridized carbons (Fsp3) is 0.446. The molecule has 6 rings (SSSR count). The number of nitrogens with zero attached hydrogens (tertiary/aromatic N) is 2. The van der Waals surface area contributed by atoms with Gasteiger partial charge in [-0.25, -0.2) is 4.98 Å². The lowest BCUT2D eigenvalue weighted by Crippen LogP contribution is -2.62. The lowest BCUT2D eigenvalue weighted by molar-refractivity contribution is -0.139. The number of aromatic amines is 2. The van der Waals surface area contributed by atoms with E-state index >= 15 is 14.4 Å². The highest BCUT2D eigenvalue weighted by Crippen LogP contribution is 2.21. The van der Waals surface area contributed by atoms with Crippen LogP contribution in [0, 0.1) is 17.2 Å². The molecule has 0 saturated heterocycles. The largest absolute Gasteiger partial charge is 0.508 e. The number of carboxylic acid groups (broad SMARTS) is 1. The number of nitrogens with one attached hydrogen (secondary N) is 15. The number of benzene rings is 4. The van der Waals surface area contributed by atoms with E-state index in [1.54, 1.807) is 74.6 Å². The summed E-state index contributed by atoms with van der Waals surface area (Å²) in [6.07, 6.45) is -2.62. The maximum atomic E-state index is 15.3. The number of phenols is 1. The fourth-order valence-corrected chi connectivity index (χ4v) is 13.0. The average Bonchev–Trinajstić information content (AvgIpc) is 1.54. The number of hydrogen-bond donors (Lipinski definition) is 23. The monoisotopic (exact) mass is 1720 g/mol. The number of aromatic nitrogens is 3. The van der Waals surface area contributed by atoms with E-state index in [0.717, 1.165) is 6.92 Å². The van der Waals surface area contributed by atoms with Crippen molar-refractivity contribution in [1.29, 1.82) is 5.26 Å². The summed E-state index contributed by atoms with van der Waals surface area (Å²) in [5.41, 5.74) is 19.0. The van der Waals surface area contributed by atoms with Crippen molar-refractivity contribution < 1.29 is 102 Å². The van der Waals surface area contributed by atoms with Gasteiger partial charge in [-0.05, 0) is 124 Å². The van der Waals surface area contributed by atoms with Crippen molar-refractivity contribution in [3.05, 3.63) is 155 Å². The van der Waals surface area contributed by atoms with Crippen molar-refractivity contribution in [2.24, 2.45) is 23.1 Å². The normalized spacial score (nSPS) is 14.8. The molecule has 2 heterocycles. The number of primary amides is 2. The van der Waals surface area contributed by atoms with Crippen molar-refractivity contribution in [3.63, 3.8) is 0 Å². The first kappa shape index (κ1) is 99.1. The second-order valence-electron chi connectivity index (χ2n) is 30.3. The molecule has 15 atom stereocenters. The molecule has 0 aliphatic heterocycles. The molecule has 41 nitrogen and oxygen atoms in total. The van der Waals surface area contributed by atoms with Gasteiger partial charge in [-0.3, -0.25) is 76.7 Å². The van der Waals surface area contributed by atoms with Gasteiger partial charge in [-0.1, -0.05) is 86.6 Å². The van der Waals surface area contributed by atoms with Crippen molar-refractivity contribution in [2.45, 2.75) is 216 Å². The number of imidazole rings is 1. The Morgan fingerprint density at radius 3 is 1.38 bits per heavy atom. The Morgan fingerprint density at radius 2 is 0.895 bits per heavy atom. The summed E-state index contributed by atoms with van der Waals surface area (Å²) in [5, 5.41) is 94.7. The Labute approximate surface area is 713 Å². The van der Waals surface area contributed by atoms with Gasteiger partial charge in [0.1, 0.15) is 84.3 Å². The summed E-state index contributed by atoms with van der Waals surface area (Å²) < 4.78 is 0.